The molecule has 282 valence electrons. The Bertz CT molecular complexity index is 2030. The van der Waals surface area contributed by atoms with Crippen molar-refractivity contribution in [3.8, 4) is 11.5 Å². The maximum Gasteiger partial charge on any atom is 0.280 e. The van der Waals surface area contributed by atoms with Crippen LogP contribution in [0.25, 0.3) is 0 Å². The van der Waals surface area contributed by atoms with Crippen molar-refractivity contribution >= 4 is 93.4 Å². The van der Waals surface area contributed by atoms with Crippen LogP contribution in [0.15, 0.2) is 87.7 Å². The highest BCUT2D eigenvalue weighted by atomic mass is 32.2. The molecule has 0 atom stereocenters. The Balaban J connectivity index is 1.47. The molecule has 4 heterocycles. The number of ether oxygens (including phenoxy) is 2. The first-order valence-electron chi connectivity index (χ1n) is 17.0. The van der Waals surface area contributed by atoms with E-state index < -0.39 is 11.1 Å². The lowest BCUT2D eigenvalue weighted by Crippen LogP contribution is -2.49. The second-order valence-electron chi connectivity index (χ2n) is 14.7. The summed E-state index contributed by atoms with van der Waals surface area (Å²) in [6.45, 7) is 11.3. The van der Waals surface area contributed by atoms with Crippen LogP contribution in [0, 0.1) is 0 Å². The van der Waals surface area contributed by atoms with E-state index >= 15 is 0 Å². The summed E-state index contributed by atoms with van der Waals surface area (Å²) in [4.78, 5) is 58.8. The summed E-state index contributed by atoms with van der Waals surface area (Å²) in [5, 5.41) is 13.0. The molecular formula is C38H40N6O6S4. The van der Waals surface area contributed by atoms with E-state index in [2.05, 4.69) is 10.6 Å². The highest BCUT2D eigenvalue weighted by Crippen LogP contribution is 2.68. The fourth-order valence-electron chi connectivity index (χ4n) is 6.69. The number of likely N-dealkylation sites (N-methyl/N-ethyl adjacent to an activating group) is 2. The molecule has 0 aliphatic carbocycles. The number of para-hydroxylation sites is 4. The quantitative estimate of drug-likeness (QED) is 0.142. The zero-order valence-corrected chi connectivity index (χ0v) is 34.8. The Morgan fingerprint density at radius 2 is 0.833 bits per heavy atom. The highest BCUT2D eigenvalue weighted by molar-refractivity contribution is 8.26. The second kappa shape index (κ2) is 13.7. The normalized spacial score (nSPS) is 17.4. The van der Waals surface area contributed by atoms with Crippen LogP contribution in [-0.2, 0) is 19.2 Å². The molecule has 2 saturated heterocycles. The van der Waals surface area contributed by atoms with Gasteiger partial charge in [0.25, 0.3) is 23.6 Å². The Hall–Kier alpha value is -4.38. The van der Waals surface area contributed by atoms with Crippen molar-refractivity contribution in [2.24, 2.45) is 0 Å². The van der Waals surface area contributed by atoms with Crippen LogP contribution in [0.5, 0.6) is 11.5 Å². The largest absolute Gasteiger partial charge is 0.495 e. The van der Waals surface area contributed by atoms with Crippen LogP contribution < -0.4 is 20.1 Å². The van der Waals surface area contributed by atoms with Gasteiger partial charge in [-0.15, -0.1) is 0 Å². The topological polar surface area (TPSA) is 124 Å². The summed E-state index contributed by atoms with van der Waals surface area (Å²) in [5.41, 5.74) is 1.67. The van der Waals surface area contributed by atoms with E-state index in [1.807, 2.05) is 90.1 Å². The van der Waals surface area contributed by atoms with Gasteiger partial charge in [-0.05, 0) is 65.8 Å². The van der Waals surface area contributed by atoms with Gasteiger partial charge in [0.05, 0.1) is 76.1 Å². The zero-order valence-electron chi connectivity index (χ0n) is 31.5. The maximum atomic E-state index is 14.0. The van der Waals surface area contributed by atoms with Crippen molar-refractivity contribution in [1.29, 1.82) is 0 Å². The molecule has 0 saturated carbocycles. The summed E-state index contributed by atoms with van der Waals surface area (Å²) < 4.78 is 12.5. The van der Waals surface area contributed by atoms with Gasteiger partial charge in [-0.2, -0.15) is 0 Å². The third-order valence-corrected chi connectivity index (χ3v) is 14.2. The molecule has 16 heteroatoms. The number of thioether (sulfide) groups is 4. The van der Waals surface area contributed by atoms with Gasteiger partial charge in [-0.25, -0.2) is 20.0 Å². The van der Waals surface area contributed by atoms with Crippen LogP contribution in [0.2, 0.25) is 0 Å². The molecule has 12 nitrogen and oxygen atoms in total. The number of rotatable bonds is 6. The number of amides is 4. The van der Waals surface area contributed by atoms with Gasteiger partial charge in [0.2, 0.25) is 0 Å². The van der Waals surface area contributed by atoms with Crippen LogP contribution >= 0.6 is 47.0 Å². The van der Waals surface area contributed by atoms with Crippen LogP contribution in [0.3, 0.4) is 0 Å². The average molecular weight is 805 g/mol. The Kier molecular flexibility index (Phi) is 9.64. The first kappa shape index (κ1) is 37.9. The monoisotopic (exact) mass is 804 g/mol. The first-order valence-corrected chi connectivity index (χ1v) is 20.2. The van der Waals surface area contributed by atoms with Gasteiger partial charge >= 0.3 is 0 Å². The van der Waals surface area contributed by atoms with Crippen molar-refractivity contribution < 1.29 is 28.7 Å². The Morgan fingerprint density at radius 1 is 0.519 bits per heavy atom. The molecule has 0 aromatic heterocycles. The number of hydrogen-bond donors (Lipinski definition) is 2. The van der Waals surface area contributed by atoms with E-state index in [4.69, 9.17) is 9.47 Å². The zero-order chi connectivity index (χ0) is 39.0. The molecule has 7 rings (SSSR count). The van der Waals surface area contributed by atoms with Crippen molar-refractivity contribution in [2.75, 3.05) is 38.9 Å². The summed E-state index contributed by atoms with van der Waals surface area (Å²) >= 11 is 5.35. The molecule has 0 unspecified atom stereocenters. The molecule has 4 amide bonds. The van der Waals surface area contributed by atoms with E-state index in [-0.39, 0.29) is 34.8 Å². The van der Waals surface area contributed by atoms with E-state index in [1.165, 1.54) is 67.1 Å². The predicted molar refractivity (Wildman–Crippen MR) is 215 cm³/mol. The molecular weight excluding hydrogens is 765 g/mol. The molecule has 3 aromatic carbocycles. The summed E-state index contributed by atoms with van der Waals surface area (Å²) in [6.07, 6.45) is 0. The molecule has 54 heavy (non-hydrogen) atoms. The minimum Gasteiger partial charge on any atom is -0.495 e. The number of hydrogen-bond acceptors (Lipinski definition) is 12. The van der Waals surface area contributed by atoms with Crippen LogP contribution in [0.1, 0.15) is 41.5 Å². The van der Waals surface area contributed by atoms with Gasteiger partial charge < -0.3 is 20.1 Å². The lowest BCUT2D eigenvalue weighted by Gasteiger charge is -2.35. The number of fused-ring (bicyclic) bond motifs is 2. The smallest absolute Gasteiger partial charge is 0.280 e. The van der Waals surface area contributed by atoms with Crippen molar-refractivity contribution in [1.82, 2.24) is 20.0 Å². The molecule has 2 fully saturated rings. The molecule has 4 aliphatic rings. The predicted octanol–water partition coefficient (Wildman–Crippen LogP) is 8.04. The van der Waals surface area contributed by atoms with E-state index in [9.17, 15) is 19.2 Å². The number of carbonyl (C=O) groups is 4. The standard InChI is InChI=1S/C38H40N6O6S4/c1-37(2,3)43-33(47)23(31(45)41(43)7)35-51-27-25(39-19-15-11-13-17-21(19)49-9)29-30(26(28(27)52-35)40-20-16-12-14-18-22(20)50-10)54-36(53-29)24-32(46)42(8)44(34(24)48)38(4,5)6/h11-18,39-40H,1-10H3. The van der Waals surface area contributed by atoms with Gasteiger partial charge in [-0.1, -0.05) is 71.3 Å². The summed E-state index contributed by atoms with van der Waals surface area (Å²) in [5.74, 6) is -0.301. The number of benzene rings is 3. The molecule has 2 N–H and O–H groups in total. The van der Waals surface area contributed by atoms with Crippen molar-refractivity contribution in [2.45, 2.75) is 72.2 Å². The molecule has 4 aliphatic heterocycles. The molecule has 3 aromatic rings. The lowest BCUT2D eigenvalue weighted by atomic mass is 10.1. The second-order valence-corrected chi connectivity index (χ2v) is 19.3. The fourth-order valence-corrected chi connectivity index (χ4v) is 12.3. The van der Waals surface area contributed by atoms with E-state index in [1.54, 1.807) is 28.3 Å². The number of nitrogens with one attached hydrogen (secondary N) is 2. The maximum absolute atomic E-state index is 14.0. The van der Waals surface area contributed by atoms with Gasteiger partial charge in [-0.3, -0.25) is 19.2 Å². The van der Waals surface area contributed by atoms with Gasteiger partial charge in [0, 0.05) is 14.1 Å². The minimum absolute atomic E-state index is 0.0980. The fraction of sp³-hybridized carbons (Fsp3) is 0.316. The average Bonchev–Trinajstić information content (AvgIpc) is 3.84. The Morgan fingerprint density at radius 3 is 1.11 bits per heavy atom. The highest BCUT2D eigenvalue weighted by Gasteiger charge is 2.50. The molecule has 0 bridgehead atoms. The van der Waals surface area contributed by atoms with Crippen LogP contribution in [-0.4, -0.2) is 83.1 Å². The number of hydrazine groups is 2. The number of carbonyl (C=O) groups excluding carboxylic acids is 4. The third kappa shape index (κ3) is 6.16. The number of nitrogens with zero attached hydrogens (tertiary/aromatic N) is 4. The summed E-state index contributed by atoms with van der Waals surface area (Å²) in [7, 11) is 6.42. The van der Waals surface area contributed by atoms with E-state index in [0.29, 0.717) is 42.7 Å². The first-order chi connectivity index (χ1) is 25.5. The summed E-state index contributed by atoms with van der Waals surface area (Å²) in [6, 6.07) is 15.1. The van der Waals surface area contributed by atoms with Gasteiger partial charge in [0.15, 0.2) is 0 Å². The van der Waals surface area contributed by atoms with Crippen molar-refractivity contribution in [3.63, 3.8) is 0 Å². The minimum atomic E-state index is -0.637. The number of methoxy groups -OCH3 is 2. The van der Waals surface area contributed by atoms with E-state index in [0.717, 1.165) is 19.6 Å². The third-order valence-electron chi connectivity index (χ3n) is 8.94. The van der Waals surface area contributed by atoms with Gasteiger partial charge in [0.1, 0.15) is 22.6 Å². The van der Waals surface area contributed by atoms with Crippen LogP contribution in [0.4, 0.5) is 22.7 Å². The SMILES string of the molecule is COc1ccccc1Nc1c2c(c(Nc3ccccc3OC)c3c1SC(=C1C(=O)N(C)N(C(C)(C)C)C1=O)S3)SC(=C1C(=O)N(C)N(C(C)(C)C)C1=O)S2. The molecule has 0 radical (unpaired) electrons. The Labute approximate surface area is 331 Å². The number of anilines is 4. The molecule has 0 spiro atoms. The van der Waals surface area contributed by atoms with Crippen molar-refractivity contribution in [3.05, 3.63) is 68.2 Å². The lowest BCUT2D eigenvalue weighted by molar-refractivity contribution is -0.153.